The van der Waals surface area contributed by atoms with Gasteiger partial charge in [-0.1, -0.05) is 13.3 Å². The van der Waals surface area contributed by atoms with Gasteiger partial charge >= 0.3 is 0 Å². The highest BCUT2D eigenvalue weighted by atomic mass is 35.5. The normalized spacial score (nSPS) is 31.3. The van der Waals surface area contributed by atoms with Gasteiger partial charge in [0.2, 0.25) is 0 Å². The van der Waals surface area contributed by atoms with Crippen LogP contribution < -0.4 is 5.32 Å². The average molecular weight is 269 g/mol. The summed E-state index contributed by atoms with van der Waals surface area (Å²) >= 11 is 0. The van der Waals surface area contributed by atoms with Crippen molar-refractivity contribution in [3.8, 4) is 0 Å². The molecule has 4 heteroatoms. The molecule has 2 saturated heterocycles. The number of rotatable bonds is 2. The third kappa shape index (κ3) is 5.22. The molecule has 2 heterocycles. The van der Waals surface area contributed by atoms with Gasteiger partial charge in [0.05, 0.1) is 0 Å². The molecule has 2 aliphatic rings. The van der Waals surface area contributed by atoms with E-state index < -0.39 is 0 Å². The van der Waals surface area contributed by atoms with Gasteiger partial charge in [-0.25, -0.2) is 0 Å². The van der Waals surface area contributed by atoms with Crippen molar-refractivity contribution in [2.45, 2.75) is 45.1 Å². The second-order valence-electron chi connectivity index (χ2n) is 5.15. The summed E-state index contributed by atoms with van der Waals surface area (Å²) in [6.07, 6.45) is 7.06. The number of halogens is 2. The third-order valence-electron chi connectivity index (χ3n) is 3.63. The highest BCUT2D eigenvalue weighted by molar-refractivity contribution is 5.85. The highest BCUT2D eigenvalue weighted by Gasteiger charge is 2.20. The smallest absolute Gasteiger partial charge is 0.0195 e. The maximum absolute atomic E-state index is 3.64. The van der Waals surface area contributed by atoms with Crippen LogP contribution >= 0.6 is 24.8 Å². The first kappa shape index (κ1) is 16.5. The first-order valence-corrected chi connectivity index (χ1v) is 6.30. The molecule has 0 amide bonds. The van der Waals surface area contributed by atoms with Crippen molar-refractivity contribution >= 4 is 24.8 Å². The molecule has 98 valence electrons. The van der Waals surface area contributed by atoms with Gasteiger partial charge in [-0.3, -0.25) is 0 Å². The minimum atomic E-state index is 0. The van der Waals surface area contributed by atoms with Gasteiger partial charge in [-0.2, -0.15) is 0 Å². The van der Waals surface area contributed by atoms with Crippen LogP contribution in [0.25, 0.3) is 0 Å². The van der Waals surface area contributed by atoms with Crippen LogP contribution in [0.5, 0.6) is 0 Å². The molecule has 2 rings (SSSR count). The molecule has 0 aliphatic carbocycles. The summed E-state index contributed by atoms with van der Waals surface area (Å²) in [7, 11) is 0. The van der Waals surface area contributed by atoms with Gasteiger partial charge in [-0.05, 0) is 44.7 Å². The van der Waals surface area contributed by atoms with Gasteiger partial charge in [0.15, 0.2) is 0 Å². The molecule has 2 unspecified atom stereocenters. The van der Waals surface area contributed by atoms with Crippen LogP contribution in [-0.2, 0) is 0 Å². The number of likely N-dealkylation sites (tertiary alicyclic amines) is 1. The maximum atomic E-state index is 3.64. The van der Waals surface area contributed by atoms with Crippen LogP contribution in [0.15, 0.2) is 0 Å². The molecular weight excluding hydrogens is 243 g/mol. The van der Waals surface area contributed by atoms with E-state index in [1.165, 1.54) is 58.3 Å². The first-order valence-electron chi connectivity index (χ1n) is 6.30. The van der Waals surface area contributed by atoms with Gasteiger partial charge < -0.3 is 10.2 Å². The Morgan fingerprint density at radius 1 is 1.12 bits per heavy atom. The van der Waals surface area contributed by atoms with E-state index in [1.807, 2.05) is 0 Å². The van der Waals surface area contributed by atoms with E-state index in [0.717, 1.165) is 12.0 Å². The zero-order chi connectivity index (χ0) is 9.80. The SMILES string of the molecule is CC1CCCN(CC2CCCCN2)C1.Cl.Cl. The molecule has 2 aliphatic heterocycles. The summed E-state index contributed by atoms with van der Waals surface area (Å²) in [5.41, 5.74) is 0. The number of hydrogen-bond acceptors (Lipinski definition) is 2. The maximum Gasteiger partial charge on any atom is 0.0195 e. The summed E-state index contributed by atoms with van der Waals surface area (Å²) < 4.78 is 0. The van der Waals surface area contributed by atoms with E-state index in [2.05, 4.69) is 17.1 Å². The Morgan fingerprint density at radius 2 is 1.94 bits per heavy atom. The van der Waals surface area contributed by atoms with Crippen molar-refractivity contribution in [3.63, 3.8) is 0 Å². The number of piperidine rings is 2. The van der Waals surface area contributed by atoms with Crippen molar-refractivity contribution < 1.29 is 0 Å². The molecule has 0 aromatic heterocycles. The Hall–Kier alpha value is 0.500. The lowest BCUT2D eigenvalue weighted by atomic mass is 9.98. The quantitative estimate of drug-likeness (QED) is 0.829. The first-order chi connectivity index (χ1) is 6.84. The van der Waals surface area contributed by atoms with E-state index >= 15 is 0 Å². The van der Waals surface area contributed by atoms with E-state index in [-0.39, 0.29) is 24.8 Å². The largest absolute Gasteiger partial charge is 0.313 e. The summed E-state index contributed by atoms with van der Waals surface area (Å²) in [5.74, 6) is 0.923. The summed E-state index contributed by atoms with van der Waals surface area (Å²) in [4.78, 5) is 2.66. The third-order valence-corrected chi connectivity index (χ3v) is 3.63. The molecule has 0 aromatic carbocycles. The lowest BCUT2D eigenvalue weighted by molar-refractivity contribution is 0.159. The molecule has 0 spiro atoms. The van der Waals surface area contributed by atoms with Crippen LogP contribution in [0, 0.1) is 5.92 Å². The van der Waals surface area contributed by atoms with Crippen LogP contribution in [0.1, 0.15) is 39.0 Å². The Bertz CT molecular complexity index is 172. The molecule has 0 bridgehead atoms. The monoisotopic (exact) mass is 268 g/mol. The Balaban J connectivity index is 0.00000112. The van der Waals surface area contributed by atoms with Crippen molar-refractivity contribution in [2.24, 2.45) is 5.92 Å². The van der Waals surface area contributed by atoms with Crippen LogP contribution in [0.4, 0.5) is 0 Å². The topological polar surface area (TPSA) is 15.3 Å². The summed E-state index contributed by atoms with van der Waals surface area (Å²) in [6, 6.07) is 0.786. The van der Waals surface area contributed by atoms with Gasteiger partial charge in [-0.15, -0.1) is 24.8 Å². The highest BCUT2D eigenvalue weighted by Crippen LogP contribution is 2.17. The van der Waals surface area contributed by atoms with Crippen LogP contribution in [0.2, 0.25) is 0 Å². The van der Waals surface area contributed by atoms with Gasteiger partial charge in [0.1, 0.15) is 0 Å². The van der Waals surface area contributed by atoms with E-state index in [4.69, 9.17) is 0 Å². The molecule has 2 fully saturated rings. The molecule has 16 heavy (non-hydrogen) atoms. The minimum Gasteiger partial charge on any atom is -0.313 e. The predicted octanol–water partition coefficient (Wildman–Crippen LogP) is 2.70. The Kier molecular flexibility index (Phi) is 8.84. The fourth-order valence-electron chi connectivity index (χ4n) is 2.84. The lowest BCUT2D eigenvalue weighted by Gasteiger charge is -2.35. The molecule has 2 atom stereocenters. The zero-order valence-corrected chi connectivity index (χ0v) is 11.9. The second-order valence-corrected chi connectivity index (χ2v) is 5.15. The molecule has 2 nitrogen and oxygen atoms in total. The molecule has 1 N–H and O–H groups in total. The second kappa shape index (κ2) is 8.57. The molecule has 0 radical (unpaired) electrons. The molecule has 0 saturated carbocycles. The van der Waals surface area contributed by atoms with Crippen molar-refractivity contribution in [1.29, 1.82) is 0 Å². The number of nitrogens with zero attached hydrogens (tertiary/aromatic N) is 1. The zero-order valence-electron chi connectivity index (χ0n) is 10.3. The van der Waals surface area contributed by atoms with Gasteiger partial charge in [0, 0.05) is 19.1 Å². The van der Waals surface area contributed by atoms with Crippen molar-refractivity contribution in [3.05, 3.63) is 0 Å². The fourth-order valence-corrected chi connectivity index (χ4v) is 2.84. The minimum absolute atomic E-state index is 0. The molecular formula is C12H26Cl2N2. The fraction of sp³-hybridized carbons (Fsp3) is 1.00. The van der Waals surface area contributed by atoms with E-state index in [1.54, 1.807) is 0 Å². The van der Waals surface area contributed by atoms with E-state index in [9.17, 15) is 0 Å². The average Bonchev–Trinajstić information content (AvgIpc) is 2.19. The van der Waals surface area contributed by atoms with Crippen molar-refractivity contribution in [2.75, 3.05) is 26.2 Å². The standard InChI is InChI=1S/C12H24N2.2ClH/c1-11-5-4-8-14(9-11)10-12-6-2-3-7-13-12;;/h11-13H,2-10H2,1H3;2*1H. The Morgan fingerprint density at radius 3 is 2.56 bits per heavy atom. The number of hydrogen-bond donors (Lipinski definition) is 1. The van der Waals surface area contributed by atoms with Crippen LogP contribution in [-0.4, -0.2) is 37.1 Å². The van der Waals surface area contributed by atoms with Crippen LogP contribution in [0.3, 0.4) is 0 Å². The van der Waals surface area contributed by atoms with Gasteiger partial charge in [0.25, 0.3) is 0 Å². The van der Waals surface area contributed by atoms with Crippen molar-refractivity contribution in [1.82, 2.24) is 10.2 Å². The predicted molar refractivity (Wildman–Crippen MR) is 75.0 cm³/mol. The molecule has 0 aromatic rings. The Labute approximate surface area is 112 Å². The summed E-state index contributed by atoms with van der Waals surface area (Å²) in [5, 5.41) is 3.64. The lowest BCUT2D eigenvalue weighted by Crippen LogP contribution is -2.46. The van der Waals surface area contributed by atoms with E-state index in [0.29, 0.717) is 0 Å². The summed E-state index contributed by atoms with van der Waals surface area (Å²) in [6.45, 7) is 7.60. The number of nitrogens with one attached hydrogen (secondary N) is 1.